The van der Waals surface area contributed by atoms with Gasteiger partial charge in [0.25, 0.3) is 5.91 Å². The lowest BCUT2D eigenvalue weighted by Crippen LogP contribution is -2.25. The fourth-order valence-corrected chi connectivity index (χ4v) is 2.76. The van der Waals surface area contributed by atoms with E-state index in [9.17, 15) is 9.18 Å². The van der Waals surface area contributed by atoms with Gasteiger partial charge in [0.05, 0.1) is 23.0 Å². The molecule has 23 heavy (non-hydrogen) atoms. The van der Waals surface area contributed by atoms with E-state index in [4.69, 9.17) is 0 Å². The van der Waals surface area contributed by atoms with Crippen molar-refractivity contribution >= 4 is 38.8 Å². The van der Waals surface area contributed by atoms with Crippen LogP contribution in [0, 0.1) is 5.82 Å². The molecule has 0 aliphatic carbocycles. The average molecular weight is 328 g/mol. The highest BCUT2D eigenvalue weighted by Gasteiger charge is 2.05. The molecule has 0 bridgehead atoms. The second kappa shape index (κ2) is 6.97. The van der Waals surface area contributed by atoms with E-state index in [1.807, 2.05) is 24.3 Å². The van der Waals surface area contributed by atoms with E-state index in [1.165, 1.54) is 23.6 Å². The van der Waals surface area contributed by atoms with Gasteiger partial charge in [-0.2, -0.15) is 5.10 Å². The number of hydrazone groups is 1. The zero-order chi connectivity index (χ0) is 16.1. The lowest BCUT2D eigenvalue weighted by atomic mass is 10.2. The van der Waals surface area contributed by atoms with E-state index in [1.54, 1.807) is 18.2 Å². The maximum atomic E-state index is 13.4. The van der Waals surface area contributed by atoms with Crippen LogP contribution in [0.4, 0.5) is 9.52 Å². The number of hydrogen-bond donors (Lipinski definition) is 2. The molecule has 1 heterocycles. The normalized spacial score (nSPS) is 11.0. The Morgan fingerprint density at radius 1 is 1.22 bits per heavy atom. The first kappa shape index (κ1) is 15.1. The van der Waals surface area contributed by atoms with Crippen molar-refractivity contribution in [2.45, 2.75) is 0 Å². The van der Waals surface area contributed by atoms with Gasteiger partial charge in [-0.1, -0.05) is 41.7 Å². The third kappa shape index (κ3) is 3.89. The fraction of sp³-hybridized carbons (Fsp3) is 0.0625. The molecule has 0 spiro atoms. The van der Waals surface area contributed by atoms with Crippen molar-refractivity contribution in [3.8, 4) is 0 Å². The molecule has 0 saturated heterocycles. The molecular weight excluding hydrogens is 315 g/mol. The van der Waals surface area contributed by atoms with Crippen LogP contribution in [0.1, 0.15) is 5.56 Å². The van der Waals surface area contributed by atoms with Crippen molar-refractivity contribution in [3.05, 3.63) is 59.9 Å². The Morgan fingerprint density at radius 2 is 2.00 bits per heavy atom. The number of carbonyl (C=O) groups is 1. The van der Waals surface area contributed by atoms with Crippen LogP contribution >= 0.6 is 11.3 Å². The van der Waals surface area contributed by atoms with E-state index >= 15 is 0 Å². The number of hydrogen-bond acceptors (Lipinski definition) is 5. The Hall–Kier alpha value is -2.80. The third-order valence-corrected chi connectivity index (χ3v) is 3.99. The summed E-state index contributed by atoms with van der Waals surface area (Å²) in [5, 5.41) is 7.34. The molecule has 0 unspecified atom stereocenters. The highest BCUT2D eigenvalue weighted by atomic mass is 32.1. The zero-order valence-electron chi connectivity index (χ0n) is 12.0. The molecule has 0 aliphatic rings. The molecule has 1 aromatic heterocycles. The number of benzene rings is 2. The molecule has 0 aliphatic heterocycles. The summed E-state index contributed by atoms with van der Waals surface area (Å²) in [5.74, 6) is -0.727. The summed E-state index contributed by atoms with van der Waals surface area (Å²) in [6.07, 6.45) is 1.27. The number of fused-ring (bicyclic) bond motifs is 1. The van der Waals surface area contributed by atoms with Crippen LogP contribution in [-0.2, 0) is 4.79 Å². The molecule has 116 valence electrons. The highest BCUT2D eigenvalue weighted by Crippen LogP contribution is 2.24. The number of thiazole rings is 1. The SMILES string of the molecule is O=C(CNc1nc2ccccc2s1)N/N=C\c1ccccc1F. The van der Waals surface area contributed by atoms with Crippen LogP contribution in [0.3, 0.4) is 0 Å². The summed E-state index contributed by atoms with van der Waals surface area (Å²) in [6.45, 7) is 0.0361. The summed E-state index contributed by atoms with van der Waals surface area (Å²) in [5.41, 5.74) is 3.54. The Bertz CT molecular complexity index is 829. The largest absolute Gasteiger partial charge is 0.352 e. The van der Waals surface area contributed by atoms with Crippen molar-refractivity contribution in [2.75, 3.05) is 11.9 Å². The minimum absolute atomic E-state index is 0.0361. The Balaban J connectivity index is 1.52. The molecule has 0 atom stereocenters. The second-order valence-electron chi connectivity index (χ2n) is 4.65. The van der Waals surface area contributed by atoms with Crippen molar-refractivity contribution in [3.63, 3.8) is 0 Å². The van der Waals surface area contributed by atoms with Crippen molar-refractivity contribution in [1.82, 2.24) is 10.4 Å². The van der Waals surface area contributed by atoms with Gasteiger partial charge in [0.15, 0.2) is 5.13 Å². The summed E-state index contributed by atoms with van der Waals surface area (Å²) in [4.78, 5) is 16.1. The highest BCUT2D eigenvalue weighted by molar-refractivity contribution is 7.22. The maximum Gasteiger partial charge on any atom is 0.259 e. The molecule has 0 fully saturated rings. The van der Waals surface area contributed by atoms with Crippen LogP contribution in [-0.4, -0.2) is 23.7 Å². The Kier molecular flexibility index (Phi) is 4.58. The molecular formula is C16H13FN4OS. The predicted octanol–water partition coefficient (Wildman–Crippen LogP) is 3.00. The van der Waals surface area contributed by atoms with Gasteiger partial charge >= 0.3 is 0 Å². The topological polar surface area (TPSA) is 66.4 Å². The molecule has 3 rings (SSSR count). The molecule has 0 saturated carbocycles. The number of aromatic nitrogens is 1. The quantitative estimate of drug-likeness (QED) is 0.559. The fourth-order valence-electron chi connectivity index (χ4n) is 1.90. The zero-order valence-corrected chi connectivity index (χ0v) is 12.8. The first-order chi connectivity index (χ1) is 11.2. The lowest BCUT2D eigenvalue weighted by molar-refractivity contribution is -0.119. The van der Waals surface area contributed by atoms with E-state index < -0.39 is 5.82 Å². The van der Waals surface area contributed by atoms with Gasteiger partial charge in [0, 0.05) is 5.56 Å². The van der Waals surface area contributed by atoms with Crippen LogP contribution in [0.5, 0.6) is 0 Å². The molecule has 7 heteroatoms. The molecule has 2 N–H and O–H groups in total. The average Bonchev–Trinajstić information content (AvgIpc) is 2.98. The van der Waals surface area contributed by atoms with Crippen molar-refractivity contribution in [1.29, 1.82) is 0 Å². The molecule has 0 radical (unpaired) electrons. The Labute approximate surface area is 135 Å². The number of nitrogens with one attached hydrogen (secondary N) is 2. The van der Waals surface area contributed by atoms with Gasteiger partial charge in [-0.3, -0.25) is 4.79 Å². The van der Waals surface area contributed by atoms with Gasteiger partial charge in [-0.05, 0) is 18.2 Å². The van der Waals surface area contributed by atoms with E-state index in [0.29, 0.717) is 10.7 Å². The number of amides is 1. The standard InChI is InChI=1S/C16H13FN4OS/c17-12-6-2-1-5-11(12)9-19-21-15(22)10-18-16-20-13-7-3-4-8-14(13)23-16/h1-9H,10H2,(H,18,20)(H,21,22)/b19-9-. The monoisotopic (exact) mass is 328 g/mol. The second-order valence-corrected chi connectivity index (χ2v) is 5.69. The molecule has 3 aromatic rings. The lowest BCUT2D eigenvalue weighted by Gasteiger charge is -2.01. The van der Waals surface area contributed by atoms with Crippen molar-refractivity contribution < 1.29 is 9.18 Å². The van der Waals surface area contributed by atoms with E-state index in [2.05, 4.69) is 20.8 Å². The van der Waals surface area contributed by atoms with Gasteiger partial charge in [0.2, 0.25) is 0 Å². The number of para-hydroxylation sites is 1. The van der Waals surface area contributed by atoms with Gasteiger partial charge in [-0.15, -0.1) is 0 Å². The van der Waals surface area contributed by atoms with Gasteiger partial charge in [-0.25, -0.2) is 14.8 Å². The molecule has 5 nitrogen and oxygen atoms in total. The Morgan fingerprint density at radius 3 is 2.83 bits per heavy atom. The first-order valence-electron chi connectivity index (χ1n) is 6.88. The smallest absolute Gasteiger partial charge is 0.259 e. The number of rotatable bonds is 5. The number of halogens is 1. The minimum Gasteiger partial charge on any atom is -0.352 e. The van der Waals surface area contributed by atoms with Crippen LogP contribution in [0.15, 0.2) is 53.6 Å². The predicted molar refractivity (Wildman–Crippen MR) is 90.2 cm³/mol. The van der Waals surface area contributed by atoms with Gasteiger partial charge < -0.3 is 5.32 Å². The van der Waals surface area contributed by atoms with E-state index in [-0.39, 0.29) is 12.5 Å². The van der Waals surface area contributed by atoms with Crippen LogP contribution < -0.4 is 10.7 Å². The number of carbonyl (C=O) groups excluding carboxylic acids is 1. The van der Waals surface area contributed by atoms with Gasteiger partial charge in [0.1, 0.15) is 5.82 Å². The number of nitrogens with zero attached hydrogens (tertiary/aromatic N) is 2. The molecule has 1 amide bonds. The number of anilines is 1. The summed E-state index contributed by atoms with van der Waals surface area (Å²) in [6, 6.07) is 13.9. The summed E-state index contributed by atoms with van der Waals surface area (Å²) in [7, 11) is 0. The molecule has 2 aromatic carbocycles. The summed E-state index contributed by atoms with van der Waals surface area (Å²) >= 11 is 1.47. The summed E-state index contributed by atoms with van der Waals surface area (Å²) < 4.78 is 14.4. The maximum absolute atomic E-state index is 13.4. The van der Waals surface area contributed by atoms with Crippen LogP contribution in [0.2, 0.25) is 0 Å². The first-order valence-corrected chi connectivity index (χ1v) is 7.70. The minimum atomic E-state index is -0.391. The van der Waals surface area contributed by atoms with Crippen molar-refractivity contribution in [2.24, 2.45) is 5.10 Å². The van der Waals surface area contributed by atoms with Crippen LogP contribution in [0.25, 0.3) is 10.2 Å². The van der Waals surface area contributed by atoms with E-state index in [0.717, 1.165) is 10.2 Å². The third-order valence-electron chi connectivity index (χ3n) is 2.99.